The number of ether oxygens (including phenoxy) is 2. The predicted octanol–water partition coefficient (Wildman–Crippen LogP) is 2.09. The Morgan fingerprint density at radius 2 is 1.93 bits per heavy atom. The number of hydrogen-bond donors (Lipinski definition) is 2. The quantitative estimate of drug-likeness (QED) is 0.411. The average Bonchev–Trinajstić information content (AvgIpc) is 3.25. The van der Waals surface area contributed by atoms with E-state index in [9.17, 15) is 18.4 Å². The lowest BCUT2D eigenvalue weighted by Gasteiger charge is -2.36. The van der Waals surface area contributed by atoms with Gasteiger partial charge < -0.3 is 9.47 Å². The van der Waals surface area contributed by atoms with Gasteiger partial charge in [-0.05, 0) is 49.2 Å². The van der Waals surface area contributed by atoms with Crippen LogP contribution in [0.15, 0.2) is 41.3 Å². The zero-order chi connectivity index (χ0) is 21.7. The lowest BCUT2D eigenvalue weighted by atomic mass is 9.91. The van der Waals surface area contributed by atoms with Crippen molar-refractivity contribution in [2.75, 3.05) is 20.8 Å². The highest BCUT2D eigenvalue weighted by Gasteiger charge is 2.42. The Morgan fingerprint density at radius 1 is 1.20 bits per heavy atom. The molecule has 160 valence electrons. The Labute approximate surface area is 179 Å². The van der Waals surface area contributed by atoms with E-state index in [0.717, 1.165) is 9.18 Å². The van der Waals surface area contributed by atoms with Gasteiger partial charge in [0.15, 0.2) is 5.06 Å². The zero-order valence-corrected chi connectivity index (χ0v) is 18.1. The molecule has 0 bridgehead atoms. The fourth-order valence-electron chi connectivity index (χ4n) is 3.31. The topological polar surface area (TPSA) is 105 Å². The van der Waals surface area contributed by atoms with E-state index in [-0.39, 0.29) is 11.4 Å². The first kappa shape index (κ1) is 22.1. The van der Waals surface area contributed by atoms with Crippen LogP contribution in [0.5, 0.6) is 10.8 Å². The summed E-state index contributed by atoms with van der Waals surface area (Å²) >= 11 is 1.35. The third-order valence-corrected chi connectivity index (χ3v) is 7.65. The predicted molar refractivity (Wildman–Crippen MR) is 111 cm³/mol. The van der Waals surface area contributed by atoms with Crippen molar-refractivity contribution in [3.8, 4) is 22.7 Å². The molecular formula is C20H22N2O6S2. The highest BCUT2D eigenvalue weighted by atomic mass is 32.2. The van der Waals surface area contributed by atoms with Gasteiger partial charge in [0.05, 0.1) is 24.0 Å². The zero-order valence-electron chi connectivity index (χ0n) is 16.5. The molecule has 0 spiro atoms. The molecule has 1 aromatic heterocycles. The van der Waals surface area contributed by atoms with Crippen LogP contribution in [0.1, 0.15) is 17.7 Å². The molecule has 2 aromatic rings. The molecule has 0 unspecified atom stereocenters. The van der Waals surface area contributed by atoms with Crippen LogP contribution in [0.4, 0.5) is 0 Å². The van der Waals surface area contributed by atoms with Gasteiger partial charge >= 0.3 is 0 Å². The SMILES string of the molecule is COc1ccc(S(=O)(=O)N2CCC[C@@H](C#Cc3ccc(OC)s3)[C@@H]2C(=O)NO)cc1. The smallest absolute Gasteiger partial charge is 0.263 e. The lowest BCUT2D eigenvalue weighted by molar-refractivity contribution is -0.135. The molecule has 2 atom stereocenters. The Bertz CT molecular complexity index is 1050. The largest absolute Gasteiger partial charge is 0.497 e. The maximum absolute atomic E-state index is 13.2. The second-order valence-electron chi connectivity index (χ2n) is 6.55. The van der Waals surface area contributed by atoms with E-state index in [1.807, 2.05) is 0 Å². The monoisotopic (exact) mass is 450 g/mol. The summed E-state index contributed by atoms with van der Waals surface area (Å²) < 4.78 is 37.8. The molecule has 2 N–H and O–H groups in total. The molecule has 10 heteroatoms. The number of piperidine rings is 1. The van der Waals surface area contributed by atoms with Gasteiger partial charge in [0.25, 0.3) is 5.91 Å². The van der Waals surface area contributed by atoms with Crippen LogP contribution in [0.25, 0.3) is 0 Å². The minimum absolute atomic E-state index is 0.0376. The molecule has 1 amide bonds. The van der Waals surface area contributed by atoms with Crippen molar-refractivity contribution in [1.29, 1.82) is 0 Å². The standard InChI is InChI=1S/C20H22N2O6S2/c1-27-15-6-10-17(11-7-15)30(25,26)22-13-3-4-14(19(22)20(23)21-24)5-8-16-9-12-18(28-2)29-16/h6-7,9-12,14,19,24H,3-4,13H2,1-2H3,(H,21,23)/t14-,19+/m0/s1. The normalized spacial score (nSPS) is 19.4. The molecule has 0 radical (unpaired) electrons. The summed E-state index contributed by atoms with van der Waals surface area (Å²) in [7, 11) is -0.935. The summed E-state index contributed by atoms with van der Waals surface area (Å²) in [6.07, 6.45) is 1.07. The van der Waals surface area contributed by atoms with E-state index in [2.05, 4.69) is 11.8 Å². The van der Waals surface area contributed by atoms with E-state index in [1.165, 1.54) is 30.6 Å². The number of thiophene rings is 1. The van der Waals surface area contributed by atoms with Gasteiger partial charge in [-0.2, -0.15) is 4.31 Å². The summed E-state index contributed by atoms with van der Waals surface area (Å²) in [5, 5.41) is 9.95. The van der Waals surface area contributed by atoms with Gasteiger partial charge in [0.1, 0.15) is 11.8 Å². The van der Waals surface area contributed by atoms with E-state index in [1.54, 1.807) is 36.9 Å². The number of carbonyl (C=O) groups excluding carboxylic acids is 1. The average molecular weight is 451 g/mol. The first-order chi connectivity index (χ1) is 14.4. The molecular weight excluding hydrogens is 428 g/mol. The number of nitrogens with zero attached hydrogens (tertiary/aromatic N) is 1. The number of methoxy groups -OCH3 is 2. The van der Waals surface area contributed by atoms with Crippen LogP contribution in [-0.2, 0) is 14.8 Å². The molecule has 1 fully saturated rings. The number of hydrogen-bond acceptors (Lipinski definition) is 7. The molecule has 0 aliphatic carbocycles. The van der Waals surface area contributed by atoms with Gasteiger partial charge in [-0.1, -0.05) is 23.2 Å². The minimum atomic E-state index is -3.99. The van der Waals surface area contributed by atoms with Gasteiger partial charge in [-0.3, -0.25) is 10.0 Å². The fraction of sp³-hybridized carbons (Fsp3) is 0.350. The molecule has 2 heterocycles. The number of carbonyl (C=O) groups is 1. The van der Waals surface area contributed by atoms with E-state index in [4.69, 9.17) is 9.47 Å². The number of hydroxylamine groups is 1. The van der Waals surface area contributed by atoms with Crippen molar-refractivity contribution in [3.63, 3.8) is 0 Å². The van der Waals surface area contributed by atoms with Crippen molar-refractivity contribution in [3.05, 3.63) is 41.3 Å². The van der Waals surface area contributed by atoms with Crippen molar-refractivity contribution >= 4 is 27.3 Å². The number of sulfonamides is 1. The van der Waals surface area contributed by atoms with Gasteiger partial charge in [-0.15, -0.1) is 0 Å². The molecule has 0 saturated carbocycles. The highest BCUT2D eigenvalue weighted by Crippen LogP contribution is 2.30. The summed E-state index contributed by atoms with van der Waals surface area (Å²) in [6.45, 7) is 0.150. The molecule has 1 aliphatic heterocycles. The van der Waals surface area contributed by atoms with Crippen LogP contribution >= 0.6 is 11.3 Å². The van der Waals surface area contributed by atoms with Crippen molar-refractivity contribution in [1.82, 2.24) is 9.79 Å². The van der Waals surface area contributed by atoms with Crippen molar-refractivity contribution in [2.24, 2.45) is 5.92 Å². The molecule has 3 rings (SSSR count). The van der Waals surface area contributed by atoms with Crippen LogP contribution in [-0.4, -0.2) is 50.6 Å². The summed E-state index contributed by atoms with van der Waals surface area (Å²) in [5.74, 6) is 5.15. The minimum Gasteiger partial charge on any atom is -0.497 e. The van der Waals surface area contributed by atoms with Crippen molar-refractivity contribution in [2.45, 2.75) is 23.8 Å². The van der Waals surface area contributed by atoms with Crippen molar-refractivity contribution < 1.29 is 27.9 Å². The fourth-order valence-corrected chi connectivity index (χ4v) is 5.65. The summed E-state index contributed by atoms with van der Waals surface area (Å²) in [5.41, 5.74) is 1.60. The third-order valence-electron chi connectivity index (χ3n) is 4.79. The first-order valence-electron chi connectivity index (χ1n) is 9.16. The molecule has 30 heavy (non-hydrogen) atoms. The molecule has 1 aliphatic rings. The maximum atomic E-state index is 13.2. The van der Waals surface area contributed by atoms with Crippen LogP contribution in [0.2, 0.25) is 0 Å². The first-order valence-corrected chi connectivity index (χ1v) is 11.4. The molecule has 1 aromatic carbocycles. The number of amides is 1. The Balaban J connectivity index is 1.94. The number of rotatable bonds is 5. The van der Waals surface area contributed by atoms with Gasteiger partial charge in [0, 0.05) is 12.5 Å². The summed E-state index contributed by atoms with van der Waals surface area (Å²) in [4.78, 5) is 13.2. The van der Waals surface area contributed by atoms with Crippen LogP contribution in [0, 0.1) is 17.8 Å². The Kier molecular flexibility index (Phi) is 6.99. The van der Waals surface area contributed by atoms with E-state index in [0.29, 0.717) is 23.7 Å². The van der Waals surface area contributed by atoms with Gasteiger partial charge in [0.2, 0.25) is 10.0 Å². The number of benzene rings is 1. The Hall–Kier alpha value is -2.58. The third kappa shape index (κ3) is 4.60. The van der Waals surface area contributed by atoms with Gasteiger partial charge in [-0.25, -0.2) is 13.9 Å². The van der Waals surface area contributed by atoms with Crippen LogP contribution < -0.4 is 15.0 Å². The lowest BCUT2D eigenvalue weighted by Crippen LogP contribution is -2.55. The highest BCUT2D eigenvalue weighted by molar-refractivity contribution is 7.89. The molecule has 1 saturated heterocycles. The second-order valence-corrected chi connectivity index (χ2v) is 9.49. The summed E-state index contributed by atoms with van der Waals surface area (Å²) in [6, 6.07) is 8.37. The van der Waals surface area contributed by atoms with Crippen LogP contribution in [0.3, 0.4) is 0 Å². The van der Waals surface area contributed by atoms with E-state index >= 15 is 0 Å². The second kappa shape index (κ2) is 9.49. The van der Waals surface area contributed by atoms with E-state index < -0.39 is 27.9 Å². The maximum Gasteiger partial charge on any atom is 0.263 e. The molecule has 8 nitrogen and oxygen atoms in total. The Morgan fingerprint density at radius 3 is 2.53 bits per heavy atom. The number of nitrogens with one attached hydrogen (secondary N) is 1.